The second-order valence-corrected chi connectivity index (χ2v) is 7.32. The monoisotopic (exact) mass is 431 g/mol. The van der Waals surface area contributed by atoms with Gasteiger partial charge in [-0.15, -0.1) is 12.4 Å². The van der Waals surface area contributed by atoms with Crippen molar-refractivity contribution >= 4 is 18.3 Å². The van der Waals surface area contributed by atoms with Crippen molar-refractivity contribution in [2.45, 2.75) is 38.8 Å². The highest BCUT2D eigenvalue weighted by atomic mass is 35.5. The van der Waals surface area contributed by atoms with E-state index in [2.05, 4.69) is 20.7 Å². The van der Waals surface area contributed by atoms with Crippen LogP contribution in [0.3, 0.4) is 0 Å². The van der Waals surface area contributed by atoms with Gasteiger partial charge < -0.3 is 10.6 Å². The third kappa shape index (κ3) is 5.48. The van der Waals surface area contributed by atoms with Gasteiger partial charge in [-0.3, -0.25) is 4.79 Å². The van der Waals surface area contributed by atoms with Crippen LogP contribution in [-0.2, 0) is 6.18 Å². The standard InChI is InChI=1S/C19H24F3N5O.ClH/c1-12(2)17-15(18(28)24-8-6-13-5-7-23-9-13)11-26-27(17)16-4-3-14(10-25-16)19(20,21)22;/h3-4,10-13,23H,5-9H2,1-2H3,(H,24,28);1H. The molecule has 6 nitrogen and oxygen atoms in total. The summed E-state index contributed by atoms with van der Waals surface area (Å²) in [6.45, 7) is 6.37. The predicted octanol–water partition coefficient (Wildman–Crippen LogP) is 3.56. The first kappa shape index (κ1) is 23.2. The number of halogens is 4. The Balaban J connectivity index is 0.00000300. The van der Waals surface area contributed by atoms with E-state index in [9.17, 15) is 18.0 Å². The van der Waals surface area contributed by atoms with Gasteiger partial charge in [0.1, 0.15) is 0 Å². The zero-order valence-electron chi connectivity index (χ0n) is 16.3. The zero-order valence-corrected chi connectivity index (χ0v) is 17.1. The first-order chi connectivity index (χ1) is 13.3. The fraction of sp³-hybridized carbons (Fsp3) is 0.526. The van der Waals surface area contributed by atoms with Crippen LogP contribution in [0.4, 0.5) is 13.2 Å². The van der Waals surface area contributed by atoms with Gasteiger partial charge in [0.05, 0.1) is 23.0 Å². The fourth-order valence-electron chi connectivity index (χ4n) is 3.40. The number of nitrogens with zero attached hydrogens (tertiary/aromatic N) is 3. The summed E-state index contributed by atoms with van der Waals surface area (Å²) in [6.07, 6.45) is -0.205. The second-order valence-electron chi connectivity index (χ2n) is 7.32. The first-order valence-electron chi connectivity index (χ1n) is 9.38. The van der Waals surface area contributed by atoms with Crippen molar-refractivity contribution in [1.29, 1.82) is 0 Å². The topological polar surface area (TPSA) is 71.8 Å². The quantitative estimate of drug-likeness (QED) is 0.733. The van der Waals surface area contributed by atoms with E-state index in [-0.39, 0.29) is 30.0 Å². The molecule has 1 unspecified atom stereocenters. The minimum atomic E-state index is -4.45. The first-order valence-corrected chi connectivity index (χ1v) is 9.38. The fourth-order valence-corrected chi connectivity index (χ4v) is 3.40. The Hall–Kier alpha value is -2.13. The van der Waals surface area contributed by atoms with Gasteiger partial charge in [-0.1, -0.05) is 13.8 Å². The molecule has 29 heavy (non-hydrogen) atoms. The van der Waals surface area contributed by atoms with Gasteiger partial charge in [0.25, 0.3) is 5.91 Å². The Bertz CT molecular complexity index is 814. The second kappa shape index (κ2) is 9.58. The predicted molar refractivity (Wildman–Crippen MR) is 106 cm³/mol. The normalized spacial score (nSPS) is 16.7. The van der Waals surface area contributed by atoms with Gasteiger partial charge in [-0.05, 0) is 49.9 Å². The van der Waals surface area contributed by atoms with Crippen molar-refractivity contribution in [3.63, 3.8) is 0 Å². The van der Waals surface area contributed by atoms with Gasteiger partial charge >= 0.3 is 6.18 Å². The molecule has 0 radical (unpaired) electrons. The molecule has 10 heteroatoms. The van der Waals surface area contributed by atoms with Crippen LogP contribution in [0.2, 0.25) is 0 Å². The van der Waals surface area contributed by atoms with Gasteiger partial charge in [-0.2, -0.15) is 18.3 Å². The lowest BCUT2D eigenvalue weighted by Crippen LogP contribution is -2.27. The number of nitrogens with one attached hydrogen (secondary N) is 2. The molecular formula is C19H25ClF3N5O. The van der Waals surface area contributed by atoms with Crippen LogP contribution in [0.15, 0.2) is 24.5 Å². The SMILES string of the molecule is CC(C)c1c(C(=O)NCCC2CCNC2)cnn1-c1ccc(C(F)(F)F)cn1.Cl. The summed E-state index contributed by atoms with van der Waals surface area (Å²) in [5.74, 6) is 0.524. The maximum atomic E-state index is 12.8. The van der Waals surface area contributed by atoms with E-state index in [1.807, 2.05) is 13.8 Å². The lowest BCUT2D eigenvalue weighted by Gasteiger charge is -2.14. The molecular weight excluding hydrogens is 407 g/mol. The van der Waals surface area contributed by atoms with E-state index in [4.69, 9.17) is 0 Å². The van der Waals surface area contributed by atoms with Crippen LogP contribution in [0, 0.1) is 5.92 Å². The van der Waals surface area contributed by atoms with E-state index in [0.717, 1.165) is 38.2 Å². The third-order valence-electron chi connectivity index (χ3n) is 4.89. The highest BCUT2D eigenvalue weighted by molar-refractivity contribution is 5.95. The van der Waals surface area contributed by atoms with Crippen molar-refractivity contribution in [2.75, 3.05) is 19.6 Å². The molecule has 2 N–H and O–H groups in total. The summed E-state index contributed by atoms with van der Waals surface area (Å²) >= 11 is 0. The van der Waals surface area contributed by atoms with Crippen LogP contribution in [0.5, 0.6) is 0 Å². The van der Waals surface area contributed by atoms with E-state index in [1.54, 1.807) is 0 Å². The smallest absolute Gasteiger partial charge is 0.352 e. The van der Waals surface area contributed by atoms with Crippen molar-refractivity contribution in [1.82, 2.24) is 25.4 Å². The summed E-state index contributed by atoms with van der Waals surface area (Å²) in [5, 5.41) is 10.4. The molecule has 0 aromatic carbocycles. The maximum absolute atomic E-state index is 12.8. The minimum Gasteiger partial charge on any atom is -0.352 e. The average Bonchev–Trinajstić information content (AvgIpc) is 3.30. The molecule has 2 aromatic heterocycles. The lowest BCUT2D eigenvalue weighted by molar-refractivity contribution is -0.137. The Labute approximate surface area is 173 Å². The molecule has 1 aliphatic heterocycles. The molecule has 0 bridgehead atoms. The van der Waals surface area contributed by atoms with Crippen molar-refractivity contribution in [2.24, 2.45) is 5.92 Å². The molecule has 3 heterocycles. The van der Waals surface area contributed by atoms with Gasteiger partial charge in [0.2, 0.25) is 0 Å². The van der Waals surface area contributed by atoms with Crippen LogP contribution in [-0.4, -0.2) is 40.3 Å². The van der Waals surface area contributed by atoms with Crippen LogP contribution in [0.1, 0.15) is 54.2 Å². The van der Waals surface area contributed by atoms with Crippen molar-refractivity contribution < 1.29 is 18.0 Å². The zero-order chi connectivity index (χ0) is 20.3. The van der Waals surface area contributed by atoms with Gasteiger partial charge in [0.15, 0.2) is 5.82 Å². The van der Waals surface area contributed by atoms with E-state index in [0.29, 0.717) is 23.7 Å². The number of rotatable bonds is 6. The number of carbonyl (C=O) groups is 1. The molecule has 1 fully saturated rings. The maximum Gasteiger partial charge on any atom is 0.417 e. The number of pyridine rings is 1. The number of hydrogen-bond acceptors (Lipinski definition) is 4. The minimum absolute atomic E-state index is 0. The number of amides is 1. The van der Waals surface area contributed by atoms with Crippen LogP contribution < -0.4 is 10.6 Å². The number of alkyl halides is 3. The molecule has 0 aliphatic carbocycles. The van der Waals surface area contributed by atoms with Crippen LogP contribution in [0.25, 0.3) is 5.82 Å². The van der Waals surface area contributed by atoms with Gasteiger partial charge in [-0.25, -0.2) is 9.67 Å². The Morgan fingerprint density at radius 2 is 2.10 bits per heavy atom. The summed E-state index contributed by atoms with van der Waals surface area (Å²) in [5.41, 5.74) is 0.211. The number of carbonyl (C=O) groups excluding carboxylic acids is 1. The molecule has 0 saturated carbocycles. The van der Waals surface area contributed by atoms with E-state index >= 15 is 0 Å². The van der Waals surface area contributed by atoms with Gasteiger partial charge in [0, 0.05) is 12.7 Å². The number of hydrogen-bond donors (Lipinski definition) is 2. The lowest BCUT2D eigenvalue weighted by atomic mass is 10.0. The largest absolute Gasteiger partial charge is 0.417 e. The molecule has 1 atom stereocenters. The Morgan fingerprint density at radius 3 is 2.66 bits per heavy atom. The van der Waals surface area contributed by atoms with Crippen molar-refractivity contribution in [3.8, 4) is 5.82 Å². The third-order valence-corrected chi connectivity index (χ3v) is 4.89. The highest BCUT2D eigenvalue weighted by Gasteiger charge is 2.31. The molecule has 160 valence electrons. The molecule has 3 rings (SSSR count). The summed E-state index contributed by atoms with van der Waals surface area (Å²) in [4.78, 5) is 16.5. The van der Waals surface area contributed by atoms with Crippen LogP contribution >= 0.6 is 12.4 Å². The molecule has 2 aromatic rings. The van der Waals surface area contributed by atoms with Crippen molar-refractivity contribution in [3.05, 3.63) is 41.3 Å². The highest BCUT2D eigenvalue weighted by Crippen LogP contribution is 2.29. The summed E-state index contributed by atoms with van der Waals surface area (Å²) in [6, 6.07) is 2.22. The molecule has 1 aliphatic rings. The van der Waals surface area contributed by atoms with E-state index in [1.165, 1.54) is 16.9 Å². The Kier molecular flexibility index (Phi) is 7.65. The Morgan fingerprint density at radius 1 is 1.34 bits per heavy atom. The molecule has 1 amide bonds. The van der Waals surface area contributed by atoms with E-state index < -0.39 is 11.7 Å². The molecule has 0 spiro atoms. The number of aromatic nitrogens is 3. The summed E-state index contributed by atoms with van der Waals surface area (Å²) in [7, 11) is 0. The summed E-state index contributed by atoms with van der Waals surface area (Å²) < 4.78 is 39.7. The molecule has 1 saturated heterocycles. The average molecular weight is 432 g/mol.